The standard InChI is InChI=1S/C18H15B.3C2H6/c1-4-10-16(11-5-1)19(17-12-6-2-7-13-17)18-14-8-3-9-15-18;3*1-2/h1-15H;3*1-2H3. The van der Waals surface area contributed by atoms with Crippen molar-refractivity contribution >= 4 is 23.1 Å². The number of rotatable bonds is 3. The molecule has 0 radical (unpaired) electrons. The summed E-state index contributed by atoms with van der Waals surface area (Å²) in [6.07, 6.45) is 0. The van der Waals surface area contributed by atoms with Gasteiger partial charge in [-0.3, -0.25) is 0 Å². The van der Waals surface area contributed by atoms with Gasteiger partial charge in [0.25, 0.3) is 0 Å². The highest BCUT2D eigenvalue weighted by molar-refractivity contribution is 6.95. The summed E-state index contributed by atoms with van der Waals surface area (Å²) in [6.45, 7) is 12.3. The number of benzene rings is 3. The average Bonchev–Trinajstić information content (AvgIpc) is 2.75. The molecule has 0 nitrogen and oxygen atoms in total. The average molecular weight is 332 g/mol. The summed E-state index contributed by atoms with van der Waals surface area (Å²) in [5.74, 6) is 0. The Bertz CT molecular complexity index is 524. The zero-order valence-corrected chi connectivity index (χ0v) is 16.7. The molecular weight excluding hydrogens is 299 g/mol. The van der Waals surface area contributed by atoms with Crippen LogP contribution in [0, 0.1) is 0 Å². The minimum Gasteiger partial charge on any atom is -0.0687 e. The van der Waals surface area contributed by atoms with Crippen LogP contribution in [-0.2, 0) is 0 Å². The van der Waals surface area contributed by atoms with Gasteiger partial charge in [-0.15, -0.1) is 0 Å². The molecule has 3 rings (SSSR count). The summed E-state index contributed by atoms with van der Waals surface area (Å²) in [6, 6.07) is 32.0. The monoisotopic (exact) mass is 332 g/mol. The Hall–Kier alpha value is -2.28. The Morgan fingerprint density at radius 1 is 0.360 bits per heavy atom. The van der Waals surface area contributed by atoms with Gasteiger partial charge in [-0.25, -0.2) is 0 Å². The van der Waals surface area contributed by atoms with Crippen LogP contribution in [0.5, 0.6) is 0 Å². The fourth-order valence-corrected chi connectivity index (χ4v) is 2.51. The number of hydrogen-bond donors (Lipinski definition) is 0. The summed E-state index contributed by atoms with van der Waals surface area (Å²) < 4.78 is 0. The van der Waals surface area contributed by atoms with Crippen LogP contribution >= 0.6 is 0 Å². The van der Waals surface area contributed by atoms with E-state index in [2.05, 4.69) is 91.0 Å². The molecule has 0 fully saturated rings. The Balaban J connectivity index is 0.000000871. The SMILES string of the molecule is CC.CC.CC.c1ccc(B(c2ccccc2)c2ccccc2)cc1. The molecule has 0 aliphatic carbocycles. The third-order valence-corrected chi connectivity index (χ3v) is 3.40. The van der Waals surface area contributed by atoms with E-state index in [9.17, 15) is 0 Å². The second kappa shape index (κ2) is 15.3. The maximum Gasteiger partial charge on any atom is 0.241 e. The molecule has 0 N–H and O–H groups in total. The van der Waals surface area contributed by atoms with Gasteiger partial charge in [0.2, 0.25) is 6.71 Å². The van der Waals surface area contributed by atoms with Crippen molar-refractivity contribution in [2.75, 3.05) is 0 Å². The van der Waals surface area contributed by atoms with Gasteiger partial charge in [-0.1, -0.05) is 149 Å². The smallest absolute Gasteiger partial charge is 0.0687 e. The molecule has 0 aliphatic heterocycles. The van der Waals surface area contributed by atoms with Crippen molar-refractivity contribution in [2.24, 2.45) is 0 Å². The highest BCUT2D eigenvalue weighted by Crippen LogP contribution is 1.95. The molecule has 0 spiro atoms. The molecule has 0 unspecified atom stereocenters. The molecule has 0 amide bonds. The molecule has 0 aromatic heterocycles. The maximum absolute atomic E-state index is 2.20. The number of hydrogen-bond acceptors (Lipinski definition) is 0. The van der Waals surface area contributed by atoms with Gasteiger partial charge in [0.05, 0.1) is 0 Å². The second-order valence-electron chi connectivity index (χ2n) is 4.67. The van der Waals surface area contributed by atoms with Gasteiger partial charge in [-0.05, 0) is 0 Å². The molecule has 132 valence electrons. The van der Waals surface area contributed by atoms with Crippen molar-refractivity contribution in [3.05, 3.63) is 91.0 Å². The normalized spacial score (nSPS) is 8.40. The van der Waals surface area contributed by atoms with Crippen LogP contribution < -0.4 is 16.4 Å². The Kier molecular flexibility index (Phi) is 13.9. The lowest BCUT2D eigenvalue weighted by Gasteiger charge is -2.15. The highest BCUT2D eigenvalue weighted by Gasteiger charge is 2.20. The summed E-state index contributed by atoms with van der Waals surface area (Å²) >= 11 is 0. The zero-order chi connectivity index (χ0) is 18.9. The van der Waals surface area contributed by atoms with E-state index in [1.54, 1.807) is 0 Å². The van der Waals surface area contributed by atoms with Crippen LogP contribution in [0.4, 0.5) is 0 Å². The topological polar surface area (TPSA) is 0 Å². The van der Waals surface area contributed by atoms with Crippen molar-refractivity contribution in [3.8, 4) is 0 Å². The molecule has 3 aromatic carbocycles. The third-order valence-electron chi connectivity index (χ3n) is 3.40. The fraction of sp³-hybridized carbons (Fsp3) is 0.250. The van der Waals surface area contributed by atoms with Crippen LogP contribution in [0.1, 0.15) is 41.5 Å². The van der Waals surface area contributed by atoms with E-state index in [1.165, 1.54) is 16.4 Å². The first-order chi connectivity index (χ1) is 12.4. The van der Waals surface area contributed by atoms with E-state index in [-0.39, 0.29) is 0 Å². The first-order valence-electron chi connectivity index (χ1n) is 9.60. The summed E-state index contributed by atoms with van der Waals surface area (Å²) in [5, 5.41) is 0. The van der Waals surface area contributed by atoms with Crippen molar-refractivity contribution in [3.63, 3.8) is 0 Å². The van der Waals surface area contributed by atoms with Crippen molar-refractivity contribution in [2.45, 2.75) is 41.5 Å². The van der Waals surface area contributed by atoms with Crippen LogP contribution in [0.15, 0.2) is 91.0 Å². The van der Waals surface area contributed by atoms with Gasteiger partial charge >= 0.3 is 0 Å². The summed E-state index contributed by atoms with van der Waals surface area (Å²) in [4.78, 5) is 0. The molecule has 0 saturated heterocycles. The van der Waals surface area contributed by atoms with Crippen LogP contribution in [0.2, 0.25) is 0 Å². The van der Waals surface area contributed by atoms with Gasteiger partial charge in [0, 0.05) is 0 Å². The lowest BCUT2D eigenvalue weighted by Crippen LogP contribution is -2.51. The molecule has 0 aliphatic rings. The minimum atomic E-state index is 0.309. The first kappa shape index (κ1) is 22.7. The Morgan fingerprint density at radius 3 is 0.760 bits per heavy atom. The van der Waals surface area contributed by atoms with E-state index in [0.29, 0.717) is 6.71 Å². The predicted molar refractivity (Wildman–Crippen MR) is 118 cm³/mol. The van der Waals surface area contributed by atoms with Gasteiger partial charge in [0.15, 0.2) is 0 Å². The molecule has 0 bridgehead atoms. The lowest BCUT2D eigenvalue weighted by molar-refractivity contribution is 1.50. The fourth-order valence-electron chi connectivity index (χ4n) is 2.51. The van der Waals surface area contributed by atoms with E-state index in [1.807, 2.05) is 41.5 Å². The lowest BCUT2D eigenvalue weighted by atomic mass is 9.37. The Morgan fingerprint density at radius 2 is 0.560 bits per heavy atom. The maximum atomic E-state index is 2.20. The summed E-state index contributed by atoms with van der Waals surface area (Å²) in [5.41, 5.74) is 4.00. The van der Waals surface area contributed by atoms with E-state index in [4.69, 9.17) is 0 Å². The molecule has 0 atom stereocenters. The van der Waals surface area contributed by atoms with Gasteiger partial charge in [-0.2, -0.15) is 0 Å². The van der Waals surface area contributed by atoms with Crippen molar-refractivity contribution < 1.29 is 0 Å². The van der Waals surface area contributed by atoms with E-state index < -0.39 is 0 Å². The first-order valence-corrected chi connectivity index (χ1v) is 9.60. The summed E-state index contributed by atoms with van der Waals surface area (Å²) in [7, 11) is 0. The van der Waals surface area contributed by atoms with Crippen LogP contribution in [-0.4, -0.2) is 6.71 Å². The quantitative estimate of drug-likeness (QED) is 0.572. The highest BCUT2D eigenvalue weighted by atomic mass is 13.9. The van der Waals surface area contributed by atoms with Crippen LogP contribution in [0.3, 0.4) is 0 Å². The second-order valence-corrected chi connectivity index (χ2v) is 4.67. The zero-order valence-electron chi connectivity index (χ0n) is 16.7. The largest absolute Gasteiger partial charge is 0.241 e. The molecule has 0 heterocycles. The molecule has 0 saturated carbocycles. The predicted octanol–water partition coefficient (Wildman–Crippen LogP) is 5.28. The third kappa shape index (κ3) is 7.43. The van der Waals surface area contributed by atoms with Gasteiger partial charge < -0.3 is 0 Å². The molecular formula is C24H33B. The van der Waals surface area contributed by atoms with E-state index in [0.717, 1.165) is 0 Å². The Labute approximate surface area is 156 Å². The van der Waals surface area contributed by atoms with E-state index >= 15 is 0 Å². The van der Waals surface area contributed by atoms with Gasteiger partial charge in [0.1, 0.15) is 0 Å². The molecule has 25 heavy (non-hydrogen) atoms. The minimum absolute atomic E-state index is 0.309. The van der Waals surface area contributed by atoms with Crippen molar-refractivity contribution in [1.82, 2.24) is 0 Å². The molecule has 3 aromatic rings. The van der Waals surface area contributed by atoms with Crippen molar-refractivity contribution in [1.29, 1.82) is 0 Å². The van der Waals surface area contributed by atoms with Crippen LogP contribution in [0.25, 0.3) is 0 Å². The molecule has 1 heteroatoms.